The lowest BCUT2D eigenvalue weighted by Crippen LogP contribution is -2.52. The molecule has 1 unspecified atom stereocenters. The molecule has 0 aliphatic carbocycles. The van der Waals surface area contributed by atoms with Crippen LogP contribution < -0.4 is 15.5 Å². The number of piperidine rings is 1. The predicted octanol–water partition coefficient (Wildman–Crippen LogP) is 2.11. The van der Waals surface area contributed by atoms with Gasteiger partial charge in [0.15, 0.2) is 5.96 Å². The third-order valence-corrected chi connectivity index (χ3v) is 6.88. The van der Waals surface area contributed by atoms with Crippen LogP contribution in [0.5, 0.6) is 0 Å². The Morgan fingerprint density at radius 3 is 2.54 bits per heavy atom. The normalized spacial score (nSPS) is 17.9. The molecule has 1 saturated heterocycles. The molecule has 7 nitrogen and oxygen atoms in total. The molecule has 1 aliphatic rings. The van der Waals surface area contributed by atoms with E-state index in [0.29, 0.717) is 25.6 Å². The topological polar surface area (TPSA) is 77.0 Å². The van der Waals surface area contributed by atoms with Crippen LogP contribution in [0.4, 0.5) is 5.69 Å². The van der Waals surface area contributed by atoms with Crippen molar-refractivity contribution < 1.29 is 8.42 Å². The van der Waals surface area contributed by atoms with Gasteiger partial charge in [0.2, 0.25) is 10.0 Å². The Bertz CT molecular complexity index is 696. The SMILES string of the molecule is CCN(CC)S(=O)(=O)CCNC(=NC)NC1CCCN(c2ccccc2)C1.I. The quantitative estimate of drug-likeness (QED) is 0.310. The van der Waals surface area contributed by atoms with Crippen LogP contribution in [0.2, 0.25) is 0 Å². The minimum absolute atomic E-state index is 0. The molecule has 160 valence electrons. The number of guanidine groups is 1. The van der Waals surface area contributed by atoms with Crippen molar-refractivity contribution in [1.82, 2.24) is 14.9 Å². The van der Waals surface area contributed by atoms with Gasteiger partial charge < -0.3 is 15.5 Å². The van der Waals surface area contributed by atoms with Crippen molar-refractivity contribution in [1.29, 1.82) is 0 Å². The molecule has 1 aromatic carbocycles. The number of aliphatic imine (C=N–C) groups is 1. The first kappa shape index (κ1) is 25.0. The highest BCUT2D eigenvalue weighted by molar-refractivity contribution is 14.0. The molecular formula is C19H34IN5O2S. The van der Waals surface area contributed by atoms with E-state index >= 15 is 0 Å². The molecule has 1 aliphatic heterocycles. The van der Waals surface area contributed by atoms with Gasteiger partial charge >= 0.3 is 0 Å². The van der Waals surface area contributed by atoms with Gasteiger partial charge in [0.25, 0.3) is 0 Å². The third-order valence-electron chi connectivity index (χ3n) is 4.86. The van der Waals surface area contributed by atoms with Crippen molar-refractivity contribution in [3.63, 3.8) is 0 Å². The van der Waals surface area contributed by atoms with Crippen LogP contribution in [0.3, 0.4) is 0 Å². The van der Waals surface area contributed by atoms with Crippen molar-refractivity contribution in [2.75, 3.05) is 50.4 Å². The fraction of sp³-hybridized carbons (Fsp3) is 0.632. The third kappa shape index (κ3) is 7.40. The van der Waals surface area contributed by atoms with Crippen LogP contribution >= 0.6 is 24.0 Å². The van der Waals surface area contributed by atoms with Gasteiger partial charge in [-0.05, 0) is 25.0 Å². The highest BCUT2D eigenvalue weighted by atomic mass is 127. The molecule has 1 aromatic rings. The largest absolute Gasteiger partial charge is 0.369 e. The van der Waals surface area contributed by atoms with Gasteiger partial charge in [0.05, 0.1) is 5.75 Å². The molecule has 1 heterocycles. The lowest BCUT2D eigenvalue weighted by atomic mass is 10.1. The van der Waals surface area contributed by atoms with E-state index in [1.807, 2.05) is 19.9 Å². The Labute approximate surface area is 187 Å². The lowest BCUT2D eigenvalue weighted by Gasteiger charge is -2.35. The fourth-order valence-electron chi connectivity index (χ4n) is 3.40. The number of hydrogen-bond donors (Lipinski definition) is 2. The zero-order valence-corrected chi connectivity index (χ0v) is 20.2. The Morgan fingerprint density at radius 1 is 1.25 bits per heavy atom. The lowest BCUT2D eigenvalue weighted by molar-refractivity contribution is 0.444. The Hall–Kier alpha value is -1.07. The first-order valence-electron chi connectivity index (χ1n) is 9.75. The maximum absolute atomic E-state index is 12.3. The van der Waals surface area contributed by atoms with Crippen molar-refractivity contribution in [2.24, 2.45) is 4.99 Å². The van der Waals surface area contributed by atoms with Crippen molar-refractivity contribution in [3.8, 4) is 0 Å². The van der Waals surface area contributed by atoms with Crippen molar-refractivity contribution in [3.05, 3.63) is 30.3 Å². The van der Waals surface area contributed by atoms with Crippen molar-refractivity contribution in [2.45, 2.75) is 32.7 Å². The van der Waals surface area contributed by atoms with E-state index in [2.05, 4.69) is 44.8 Å². The maximum Gasteiger partial charge on any atom is 0.215 e. The highest BCUT2D eigenvalue weighted by Crippen LogP contribution is 2.19. The second-order valence-corrected chi connectivity index (χ2v) is 8.75. The Balaban J connectivity index is 0.00000392. The van der Waals surface area contributed by atoms with Crippen LogP contribution in [-0.4, -0.2) is 70.2 Å². The van der Waals surface area contributed by atoms with E-state index in [9.17, 15) is 8.42 Å². The van der Waals surface area contributed by atoms with Crippen LogP contribution in [-0.2, 0) is 10.0 Å². The second kappa shape index (κ2) is 12.5. The number of sulfonamides is 1. The molecule has 0 saturated carbocycles. The molecule has 9 heteroatoms. The predicted molar refractivity (Wildman–Crippen MR) is 128 cm³/mol. The summed E-state index contributed by atoms with van der Waals surface area (Å²) >= 11 is 0. The number of nitrogens with zero attached hydrogens (tertiary/aromatic N) is 3. The minimum atomic E-state index is -3.22. The Kier molecular flexibility index (Phi) is 11.1. The molecule has 28 heavy (non-hydrogen) atoms. The maximum atomic E-state index is 12.3. The van der Waals surface area contributed by atoms with E-state index in [4.69, 9.17) is 0 Å². The molecule has 0 aromatic heterocycles. The zero-order valence-electron chi connectivity index (χ0n) is 17.1. The van der Waals surface area contributed by atoms with E-state index in [-0.39, 0.29) is 35.8 Å². The summed E-state index contributed by atoms with van der Waals surface area (Å²) in [6.45, 7) is 7.02. The van der Waals surface area contributed by atoms with Crippen LogP contribution in [0.1, 0.15) is 26.7 Å². The van der Waals surface area contributed by atoms with E-state index < -0.39 is 10.0 Å². The monoisotopic (exact) mass is 523 g/mol. The number of hydrogen-bond acceptors (Lipinski definition) is 4. The van der Waals surface area contributed by atoms with Gasteiger partial charge in [-0.2, -0.15) is 0 Å². The molecule has 0 bridgehead atoms. The van der Waals surface area contributed by atoms with E-state index in [1.54, 1.807) is 7.05 Å². The summed E-state index contributed by atoms with van der Waals surface area (Å²) in [5.74, 6) is 0.723. The summed E-state index contributed by atoms with van der Waals surface area (Å²) < 4.78 is 26.0. The van der Waals surface area contributed by atoms with Gasteiger partial charge in [-0.25, -0.2) is 12.7 Å². The van der Waals surface area contributed by atoms with Gasteiger partial charge in [-0.15, -0.1) is 24.0 Å². The second-order valence-electron chi connectivity index (χ2n) is 6.66. The van der Waals surface area contributed by atoms with Crippen molar-refractivity contribution >= 4 is 45.6 Å². The average Bonchev–Trinajstić information content (AvgIpc) is 2.68. The summed E-state index contributed by atoms with van der Waals surface area (Å²) in [6.07, 6.45) is 2.18. The number of benzene rings is 1. The summed E-state index contributed by atoms with van der Waals surface area (Å²) in [7, 11) is -1.51. The number of para-hydroxylation sites is 1. The van der Waals surface area contributed by atoms with Gasteiger partial charge in [-0.3, -0.25) is 4.99 Å². The minimum Gasteiger partial charge on any atom is -0.369 e. The van der Waals surface area contributed by atoms with Gasteiger partial charge in [-0.1, -0.05) is 32.0 Å². The van der Waals surface area contributed by atoms with Crippen LogP contribution in [0.25, 0.3) is 0 Å². The number of halogens is 1. The van der Waals surface area contributed by atoms with Crippen LogP contribution in [0, 0.1) is 0 Å². The Morgan fingerprint density at radius 2 is 1.93 bits per heavy atom. The summed E-state index contributed by atoms with van der Waals surface area (Å²) in [5, 5.41) is 6.58. The van der Waals surface area contributed by atoms with E-state index in [1.165, 1.54) is 9.99 Å². The van der Waals surface area contributed by atoms with Gasteiger partial charge in [0.1, 0.15) is 0 Å². The molecule has 1 fully saturated rings. The smallest absolute Gasteiger partial charge is 0.215 e. The summed E-state index contributed by atoms with van der Waals surface area (Å²) in [4.78, 5) is 6.63. The van der Waals surface area contributed by atoms with Gasteiger partial charge in [0, 0.05) is 51.5 Å². The first-order chi connectivity index (χ1) is 13.0. The zero-order chi connectivity index (χ0) is 19.7. The molecule has 0 radical (unpaired) electrons. The highest BCUT2D eigenvalue weighted by Gasteiger charge is 2.22. The van der Waals surface area contributed by atoms with Crippen LogP contribution in [0.15, 0.2) is 35.3 Å². The average molecular weight is 523 g/mol. The first-order valence-corrected chi connectivity index (χ1v) is 11.4. The number of anilines is 1. The molecular weight excluding hydrogens is 489 g/mol. The standard InChI is InChI=1S/C19H33N5O2S.HI/c1-4-24(5-2)27(25,26)15-13-21-19(20-3)22-17-10-9-14-23(16-17)18-11-7-6-8-12-18;/h6-8,11-12,17H,4-5,9-10,13-16H2,1-3H3,(H2,20,21,22);1H. The van der Waals surface area contributed by atoms with E-state index in [0.717, 1.165) is 25.9 Å². The molecule has 2 rings (SSSR count). The number of rotatable bonds is 8. The molecule has 1 atom stereocenters. The molecule has 0 amide bonds. The fourth-order valence-corrected chi connectivity index (χ4v) is 4.81. The summed E-state index contributed by atoms with van der Waals surface area (Å²) in [5.41, 5.74) is 1.23. The molecule has 2 N–H and O–H groups in total. The molecule has 0 spiro atoms. The number of nitrogens with one attached hydrogen (secondary N) is 2. The summed E-state index contributed by atoms with van der Waals surface area (Å²) in [6, 6.07) is 10.7.